The summed E-state index contributed by atoms with van der Waals surface area (Å²) in [4.78, 5) is 0. The molecule has 0 aliphatic heterocycles. The minimum atomic E-state index is -0.0238. The van der Waals surface area contributed by atoms with Gasteiger partial charge in [-0.2, -0.15) is 0 Å². The smallest absolute Gasteiger partial charge is 0.0596 e. The average molecular weight is 180 g/mol. The highest BCUT2D eigenvalue weighted by Gasteiger charge is 2.46. The fourth-order valence-corrected chi connectivity index (χ4v) is 2.77. The molecule has 0 amide bonds. The highest BCUT2D eigenvalue weighted by Crippen LogP contribution is 2.51. The molecular weight excluding hydrogens is 160 g/mol. The number of rotatable bonds is 1. The van der Waals surface area contributed by atoms with Gasteiger partial charge in [0.05, 0.1) is 6.10 Å². The van der Waals surface area contributed by atoms with Gasteiger partial charge in [0.2, 0.25) is 0 Å². The van der Waals surface area contributed by atoms with Gasteiger partial charge in [-0.1, -0.05) is 18.6 Å². The van der Waals surface area contributed by atoms with Gasteiger partial charge in [-0.15, -0.1) is 0 Å². The number of hydrogen-bond donors (Lipinski definition) is 1. The van der Waals surface area contributed by atoms with E-state index >= 15 is 0 Å². The summed E-state index contributed by atoms with van der Waals surface area (Å²) in [7, 11) is 0. The zero-order chi connectivity index (χ0) is 9.47. The van der Waals surface area contributed by atoms with Crippen molar-refractivity contribution < 1.29 is 5.11 Å². The lowest BCUT2D eigenvalue weighted by atomic mass is 9.57. The van der Waals surface area contributed by atoms with E-state index in [1.807, 2.05) is 0 Å². The summed E-state index contributed by atoms with van der Waals surface area (Å²) in [5, 5.41) is 9.76. The Morgan fingerprint density at radius 1 is 1.46 bits per heavy atom. The molecule has 0 spiro atoms. The molecule has 2 aliphatic carbocycles. The molecule has 0 heterocycles. The van der Waals surface area contributed by atoms with Crippen LogP contribution < -0.4 is 0 Å². The van der Waals surface area contributed by atoms with Crippen LogP contribution in [0.25, 0.3) is 0 Å². The van der Waals surface area contributed by atoms with Crippen molar-refractivity contribution in [2.45, 2.75) is 52.1 Å². The van der Waals surface area contributed by atoms with Gasteiger partial charge in [-0.25, -0.2) is 0 Å². The second-order valence-electron chi connectivity index (χ2n) is 5.08. The lowest BCUT2D eigenvalue weighted by Gasteiger charge is -2.50. The molecule has 1 saturated carbocycles. The van der Waals surface area contributed by atoms with E-state index in [0.29, 0.717) is 0 Å². The van der Waals surface area contributed by atoms with Crippen LogP contribution in [0.5, 0.6) is 0 Å². The Balaban J connectivity index is 2.02. The lowest BCUT2D eigenvalue weighted by molar-refractivity contribution is -0.0932. The highest BCUT2D eigenvalue weighted by molar-refractivity contribution is 5.08. The van der Waals surface area contributed by atoms with Gasteiger partial charge in [0, 0.05) is 0 Å². The third kappa shape index (κ3) is 1.43. The van der Waals surface area contributed by atoms with E-state index in [1.165, 1.54) is 31.3 Å². The van der Waals surface area contributed by atoms with Crippen molar-refractivity contribution >= 4 is 0 Å². The van der Waals surface area contributed by atoms with Gasteiger partial charge in [-0.05, 0) is 50.4 Å². The minimum Gasteiger partial charge on any atom is -0.393 e. The number of aliphatic hydroxyl groups is 1. The molecule has 3 atom stereocenters. The fourth-order valence-electron chi connectivity index (χ4n) is 2.77. The fraction of sp³-hybridized carbons (Fsp3) is 0.833. The average Bonchev–Trinajstić information content (AvgIpc) is 2.15. The second-order valence-corrected chi connectivity index (χ2v) is 5.08. The van der Waals surface area contributed by atoms with Crippen LogP contribution in [0.3, 0.4) is 0 Å². The van der Waals surface area contributed by atoms with Gasteiger partial charge in [-0.3, -0.25) is 0 Å². The molecule has 1 heteroatoms. The maximum atomic E-state index is 9.76. The SMILES string of the molecule is CC1=CCC(C2(C)CCC2O)CC1. The molecule has 2 aliphatic rings. The summed E-state index contributed by atoms with van der Waals surface area (Å²) in [5.41, 5.74) is 1.78. The third-order valence-corrected chi connectivity index (χ3v) is 4.29. The molecule has 74 valence electrons. The molecular formula is C12H20O. The van der Waals surface area contributed by atoms with E-state index in [4.69, 9.17) is 0 Å². The van der Waals surface area contributed by atoms with Crippen molar-refractivity contribution in [2.75, 3.05) is 0 Å². The Bertz CT molecular complexity index is 231. The first-order valence-corrected chi connectivity index (χ1v) is 5.46. The van der Waals surface area contributed by atoms with Crippen molar-refractivity contribution in [1.29, 1.82) is 0 Å². The molecule has 0 aromatic heterocycles. The molecule has 3 unspecified atom stereocenters. The van der Waals surface area contributed by atoms with Crippen LogP contribution in [0, 0.1) is 11.3 Å². The Labute approximate surface area is 80.8 Å². The van der Waals surface area contributed by atoms with E-state index in [2.05, 4.69) is 19.9 Å². The van der Waals surface area contributed by atoms with Crippen LogP contribution in [0.15, 0.2) is 11.6 Å². The zero-order valence-electron chi connectivity index (χ0n) is 8.71. The maximum Gasteiger partial charge on any atom is 0.0596 e. The number of hydrogen-bond acceptors (Lipinski definition) is 1. The summed E-state index contributed by atoms with van der Waals surface area (Å²) >= 11 is 0. The zero-order valence-corrected chi connectivity index (χ0v) is 8.71. The van der Waals surface area contributed by atoms with E-state index in [0.717, 1.165) is 12.3 Å². The van der Waals surface area contributed by atoms with Crippen LogP contribution in [0.2, 0.25) is 0 Å². The molecule has 2 rings (SSSR count). The van der Waals surface area contributed by atoms with E-state index in [1.54, 1.807) is 0 Å². The topological polar surface area (TPSA) is 20.2 Å². The normalized spacial score (nSPS) is 45.3. The van der Waals surface area contributed by atoms with Crippen molar-refractivity contribution in [3.8, 4) is 0 Å². The minimum absolute atomic E-state index is 0.0238. The number of allylic oxidation sites excluding steroid dienone is 2. The maximum absolute atomic E-state index is 9.76. The molecule has 0 radical (unpaired) electrons. The molecule has 1 N–H and O–H groups in total. The Morgan fingerprint density at radius 3 is 2.62 bits per heavy atom. The standard InChI is InChI=1S/C12H20O/c1-9-3-5-10(6-4-9)12(2)8-7-11(12)13/h3,10-11,13H,4-8H2,1-2H3. The quantitative estimate of drug-likeness (QED) is 0.615. The Hall–Kier alpha value is -0.300. The molecule has 0 aromatic carbocycles. The first-order chi connectivity index (χ1) is 6.13. The molecule has 0 bridgehead atoms. The van der Waals surface area contributed by atoms with E-state index in [9.17, 15) is 5.11 Å². The van der Waals surface area contributed by atoms with Gasteiger partial charge >= 0.3 is 0 Å². The van der Waals surface area contributed by atoms with Crippen molar-refractivity contribution in [1.82, 2.24) is 0 Å². The summed E-state index contributed by atoms with van der Waals surface area (Å²) < 4.78 is 0. The molecule has 13 heavy (non-hydrogen) atoms. The predicted octanol–water partition coefficient (Wildman–Crippen LogP) is 2.89. The summed E-state index contributed by atoms with van der Waals surface area (Å²) in [6.45, 7) is 4.48. The van der Waals surface area contributed by atoms with Gasteiger partial charge in [0.1, 0.15) is 0 Å². The molecule has 1 fully saturated rings. The molecule has 1 nitrogen and oxygen atoms in total. The molecule has 0 saturated heterocycles. The first kappa shape index (κ1) is 9.26. The van der Waals surface area contributed by atoms with Crippen LogP contribution in [-0.2, 0) is 0 Å². The Morgan fingerprint density at radius 2 is 2.23 bits per heavy atom. The van der Waals surface area contributed by atoms with Gasteiger partial charge < -0.3 is 5.11 Å². The van der Waals surface area contributed by atoms with Crippen molar-refractivity contribution in [2.24, 2.45) is 11.3 Å². The van der Waals surface area contributed by atoms with Gasteiger partial charge in [0.25, 0.3) is 0 Å². The van der Waals surface area contributed by atoms with Gasteiger partial charge in [0.15, 0.2) is 0 Å². The molecule has 0 aromatic rings. The van der Waals surface area contributed by atoms with E-state index in [-0.39, 0.29) is 11.5 Å². The van der Waals surface area contributed by atoms with Crippen LogP contribution in [0.4, 0.5) is 0 Å². The number of aliphatic hydroxyl groups excluding tert-OH is 1. The largest absolute Gasteiger partial charge is 0.393 e. The summed E-state index contributed by atoms with van der Waals surface area (Å²) in [6, 6.07) is 0. The van der Waals surface area contributed by atoms with Crippen LogP contribution in [-0.4, -0.2) is 11.2 Å². The summed E-state index contributed by atoms with van der Waals surface area (Å²) in [6.07, 6.45) is 8.32. The van der Waals surface area contributed by atoms with Crippen LogP contribution in [0.1, 0.15) is 46.0 Å². The second kappa shape index (κ2) is 3.13. The van der Waals surface area contributed by atoms with Crippen molar-refractivity contribution in [3.63, 3.8) is 0 Å². The monoisotopic (exact) mass is 180 g/mol. The first-order valence-electron chi connectivity index (χ1n) is 5.46. The van der Waals surface area contributed by atoms with Crippen molar-refractivity contribution in [3.05, 3.63) is 11.6 Å². The van der Waals surface area contributed by atoms with E-state index < -0.39 is 0 Å². The highest BCUT2D eigenvalue weighted by atomic mass is 16.3. The predicted molar refractivity (Wildman–Crippen MR) is 54.4 cm³/mol. The third-order valence-electron chi connectivity index (χ3n) is 4.29. The Kier molecular flexibility index (Phi) is 2.23. The van der Waals surface area contributed by atoms with Crippen LogP contribution >= 0.6 is 0 Å². The summed E-state index contributed by atoms with van der Waals surface area (Å²) in [5.74, 6) is 0.736. The lowest BCUT2D eigenvalue weighted by Crippen LogP contribution is -2.48.